The van der Waals surface area contributed by atoms with Crippen LogP contribution in [-0.2, 0) is 11.2 Å². The monoisotopic (exact) mass is 251 g/mol. The van der Waals surface area contributed by atoms with Crippen LogP contribution in [0.1, 0.15) is 36.1 Å². The molecule has 0 saturated carbocycles. The van der Waals surface area contributed by atoms with Gasteiger partial charge in [0, 0.05) is 19.5 Å². The summed E-state index contributed by atoms with van der Waals surface area (Å²) >= 11 is 0. The maximum absolute atomic E-state index is 12.1. The van der Waals surface area contributed by atoms with Crippen molar-refractivity contribution in [3.63, 3.8) is 0 Å². The van der Waals surface area contributed by atoms with E-state index < -0.39 is 11.9 Å². The molecular weight excluding hydrogens is 234 g/mol. The molecule has 1 aromatic rings. The van der Waals surface area contributed by atoms with Crippen LogP contribution in [0.15, 0.2) is 16.5 Å². The fraction of sp³-hybridized carbons (Fsp3) is 0.538. The lowest BCUT2D eigenvalue weighted by Crippen LogP contribution is -2.42. The van der Waals surface area contributed by atoms with E-state index in [-0.39, 0.29) is 12.5 Å². The number of hydrogen-bond donors (Lipinski definition) is 1. The van der Waals surface area contributed by atoms with Crippen LogP contribution in [0, 0.1) is 5.92 Å². The smallest absolute Gasteiger partial charge is 0.308 e. The Morgan fingerprint density at radius 1 is 1.50 bits per heavy atom. The van der Waals surface area contributed by atoms with Crippen LogP contribution in [0.3, 0.4) is 0 Å². The first-order chi connectivity index (χ1) is 8.61. The number of amides is 1. The zero-order chi connectivity index (χ0) is 13.1. The summed E-state index contributed by atoms with van der Waals surface area (Å²) < 4.78 is 5.40. The molecule has 0 radical (unpaired) electrons. The van der Waals surface area contributed by atoms with Crippen LogP contribution in [-0.4, -0.2) is 35.0 Å². The molecule has 1 saturated heterocycles. The highest BCUT2D eigenvalue weighted by atomic mass is 16.4. The standard InChI is InChI=1S/C13H17NO4/c1-2-10-5-6-11(18-10)12(15)14-7-3-4-9(8-14)13(16)17/h5-6,9H,2-4,7-8H2,1H3,(H,16,17). The highest BCUT2D eigenvalue weighted by Gasteiger charge is 2.29. The van der Waals surface area contributed by atoms with Gasteiger partial charge in [-0.05, 0) is 25.0 Å². The van der Waals surface area contributed by atoms with Crippen molar-refractivity contribution in [1.29, 1.82) is 0 Å². The maximum atomic E-state index is 12.1. The summed E-state index contributed by atoms with van der Waals surface area (Å²) in [5.74, 6) is -0.423. The summed E-state index contributed by atoms with van der Waals surface area (Å²) in [6, 6.07) is 3.44. The van der Waals surface area contributed by atoms with E-state index in [9.17, 15) is 9.59 Å². The normalized spacial score (nSPS) is 19.8. The van der Waals surface area contributed by atoms with Crippen LogP contribution >= 0.6 is 0 Å². The van der Waals surface area contributed by atoms with E-state index in [0.717, 1.165) is 18.6 Å². The van der Waals surface area contributed by atoms with E-state index in [0.29, 0.717) is 18.7 Å². The number of aliphatic carboxylic acids is 1. The summed E-state index contributed by atoms with van der Waals surface area (Å²) in [5.41, 5.74) is 0. The molecule has 18 heavy (non-hydrogen) atoms. The number of piperidine rings is 1. The van der Waals surface area contributed by atoms with Gasteiger partial charge in [0.15, 0.2) is 5.76 Å². The molecule has 0 aromatic carbocycles. The predicted molar refractivity (Wildman–Crippen MR) is 64.3 cm³/mol. The molecule has 1 aliphatic heterocycles. The number of carbonyl (C=O) groups is 2. The van der Waals surface area contributed by atoms with Gasteiger partial charge in [-0.1, -0.05) is 6.92 Å². The molecule has 0 bridgehead atoms. The topological polar surface area (TPSA) is 70.8 Å². The molecule has 1 aliphatic rings. The molecule has 1 aromatic heterocycles. The highest BCUT2D eigenvalue weighted by Crippen LogP contribution is 2.19. The SMILES string of the molecule is CCc1ccc(C(=O)N2CCCC(C(=O)O)C2)o1. The van der Waals surface area contributed by atoms with Crippen LogP contribution in [0.2, 0.25) is 0 Å². The molecular formula is C13H17NO4. The molecule has 0 spiro atoms. The first-order valence-electron chi connectivity index (χ1n) is 6.22. The average Bonchev–Trinajstić information content (AvgIpc) is 2.86. The van der Waals surface area contributed by atoms with Crippen molar-refractivity contribution in [2.45, 2.75) is 26.2 Å². The predicted octanol–water partition coefficient (Wildman–Crippen LogP) is 1.78. The fourth-order valence-electron chi connectivity index (χ4n) is 2.20. The van der Waals surface area contributed by atoms with Gasteiger partial charge in [0.2, 0.25) is 0 Å². The number of likely N-dealkylation sites (tertiary alicyclic amines) is 1. The van der Waals surface area contributed by atoms with E-state index in [4.69, 9.17) is 9.52 Å². The van der Waals surface area contributed by atoms with Gasteiger partial charge in [-0.25, -0.2) is 0 Å². The van der Waals surface area contributed by atoms with Gasteiger partial charge in [0.05, 0.1) is 5.92 Å². The van der Waals surface area contributed by atoms with E-state index >= 15 is 0 Å². The maximum Gasteiger partial charge on any atom is 0.308 e. The Kier molecular flexibility index (Phi) is 3.69. The summed E-state index contributed by atoms with van der Waals surface area (Å²) in [5, 5.41) is 8.99. The molecule has 0 aliphatic carbocycles. The molecule has 2 rings (SSSR count). The van der Waals surface area contributed by atoms with Crippen molar-refractivity contribution < 1.29 is 19.1 Å². The molecule has 1 N–H and O–H groups in total. The average molecular weight is 251 g/mol. The highest BCUT2D eigenvalue weighted by molar-refractivity contribution is 5.92. The first kappa shape index (κ1) is 12.7. The minimum absolute atomic E-state index is 0.208. The summed E-state index contributed by atoms with van der Waals surface area (Å²) in [6.45, 7) is 2.83. The Morgan fingerprint density at radius 3 is 2.89 bits per heavy atom. The van der Waals surface area contributed by atoms with Crippen LogP contribution < -0.4 is 0 Å². The minimum atomic E-state index is -0.832. The van der Waals surface area contributed by atoms with Crippen LogP contribution in [0.5, 0.6) is 0 Å². The second kappa shape index (κ2) is 5.25. The minimum Gasteiger partial charge on any atom is -0.481 e. The van der Waals surface area contributed by atoms with Gasteiger partial charge in [-0.15, -0.1) is 0 Å². The van der Waals surface area contributed by atoms with Crippen molar-refractivity contribution >= 4 is 11.9 Å². The van der Waals surface area contributed by atoms with Crippen LogP contribution in [0.4, 0.5) is 0 Å². The second-order valence-electron chi connectivity index (χ2n) is 4.55. The third-order valence-corrected chi connectivity index (χ3v) is 3.28. The molecule has 1 fully saturated rings. The number of nitrogens with zero attached hydrogens (tertiary/aromatic N) is 1. The lowest BCUT2D eigenvalue weighted by Gasteiger charge is -2.29. The largest absolute Gasteiger partial charge is 0.481 e. The van der Waals surface area contributed by atoms with E-state index in [1.807, 2.05) is 6.92 Å². The van der Waals surface area contributed by atoms with E-state index in [1.165, 1.54) is 0 Å². The van der Waals surface area contributed by atoms with Gasteiger partial charge in [0.1, 0.15) is 5.76 Å². The number of furan rings is 1. The van der Waals surface area contributed by atoms with Crippen molar-refractivity contribution in [2.24, 2.45) is 5.92 Å². The lowest BCUT2D eigenvalue weighted by atomic mass is 9.98. The van der Waals surface area contributed by atoms with Gasteiger partial charge in [0.25, 0.3) is 5.91 Å². The third kappa shape index (κ3) is 2.55. The Bertz CT molecular complexity index is 452. The number of carboxylic acids is 1. The number of aryl methyl sites for hydroxylation is 1. The fourth-order valence-corrected chi connectivity index (χ4v) is 2.20. The number of carbonyl (C=O) groups excluding carboxylic acids is 1. The zero-order valence-corrected chi connectivity index (χ0v) is 10.4. The lowest BCUT2D eigenvalue weighted by molar-refractivity contribution is -0.143. The Morgan fingerprint density at radius 2 is 2.28 bits per heavy atom. The van der Waals surface area contributed by atoms with Gasteiger partial charge in [-0.3, -0.25) is 9.59 Å². The quantitative estimate of drug-likeness (QED) is 0.888. The van der Waals surface area contributed by atoms with Crippen molar-refractivity contribution in [1.82, 2.24) is 4.90 Å². The first-order valence-corrected chi connectivity index (χ1v) is 6.22. The van der Waals surface area contributed by atoms with Crippen molar-refractivity contribution in [3.8, 4) is 0 Å². The summed E-state index contributed by atoms with van der Waals surface area (Å²) in [7, 11) is 0. The van der Waals surface area contributed by atoms with Crippen molar-refractivity contribution in [2.75, 3.05) is 13.1 Å². The zero-order valence-electron chi connectivity index (χ0n) is 10.4. The van der Waals surface area contributed by atoms with Gasteiger partial charge >= 0.3 is 5.97 Å². The number of rotatable bonds is 3. The molecule has 98 valence electrons. The van der Waals surface area contributed by atoms with Gasteiger partial charge < -0.3 is 14.4 Å². The number of hydrogen-bond acceptors (Lipinski definition) is 3. The Hall–Kier alpha value is -1.78. The molecule has 5 heteroatoms. The van der Waals surface area contributed by atoms with Crippen LogP contribution in [0.25, 0.3) is 0 Å². The third-order valence-electron chi connectivity index (χ3n) is 3.28. The Balaban J connectivity index is 2.06. The molecule has 1 amide bonds. The molecule has 1 unspecified atom stereocenters. The second-order valence-corrected chi connectivity index (χ2v) is 4.55. The van der Waals surface area contributed by atoms with E-state index in [1.54, 1.807) is 17.0 Å². The Labute approximate surface area is 105 Å². The number of carboxylic acid groups (broad SMARTS) is 1. The van der Waals surface area contributed by atoms with E-state index in [2.05, 4.69) is 0 Å². The van der Waals surface area contributed by atoms with Gasteiger partial charge in [-0.2, -0.15) is 0 Å². The summed E-state index contributed by atoms with van der Waals surface area (Å²) in [6.07, 6.45) is 2.10. The summed E-state index contributed by atoms with van der Waals surface area (Å²) in [4.78, 5) is 24.7. The molecule has 2 heterocycles. The van der Waals surface area contributed by atoms with Crippen molar-refractivity contribution in [3.05, 3.63) is 23.7 Å². The molecule has 5 nitrogen and oxygen atoms in total. The molecule has 1 atom stereocenters.